The summed E-state index contributed by atoms with van der Waals surface area (Å²) in [6.07, 6.45) is 21.5. The van der Waals surface area contributed by atoms with Crippen LogP contribution in [0.2, 0.25) is 0 Å². The second-order valence-electron chi connectivity index (χ2n) is 7.07. The minimum Gasteiger partial charge on any atom is -0.487 e. The smallest absolute Gasteiger partial charge is 0.179 e. The van der Waals surface area contributed by atoms with Crippen LogP contribution in [0.5, 0.6) is 0 Å². The number of hydrogen-bond acceptors (Lipinski definition) is 2. The fraction of sp³-hybridized carbons (Fsp3) is 0.909. The van der Waals surface area contributed by atoms with Crippen LogP contribution in [0.1, 0.15) is 123 Å². The minimum absolute atomic E-state index is 0.545. The third-order valence-electron chi connectivity index (χ3n) is 4.65. The maximum absolute atomic E-state index is 10.9. The molecule has 0 saturated heterocycles. The highest BCUT2D eigenvalue weighted by molar-refractivity contribution is 5.49. The number of ether oxygens (including phenoxy) is 1. The molecule has 2 heteroatoms. The average Bonchev–Trinajstić information content (AvgIpc) is 2.60. The van der Waals surface area contributed by atoms with Crippen molar-refractivity contribution in [2.24, 2.45) is 0 Å². The van der Waals surface area contributed by atoms with Crippen molar-refractivity contribution in [3.8, 4) is 0 Å². The zero-order valence-electron chi connectivity index (χ0n) is 16.5. The lowest BCUT2D eigenvalue weighted by molar-refractivity contribution is 0.197. The molecule has 0 rings (SSSR count). The summed E-state index contributed by atoms with van der Waals surface area (Å²) in [7, 11) is 0. The Balaban J connectivity index is 3.33. The zero-order chi connectivity index (χ0) is 17.7. The quantitative estimate of drug-likeness (QED) is 0.139. The van der Waals surface area contributed by atoms with Gasteiger partial charge in [-0.1, -0.05) is 104 Å². The lowest BCUT2D eigenvalue weighted by Crippen LogP contribution is -1.97. The maximum Gasteiger partial charge on any atom is 0.179 e. The van der Waals surface area contributed by atoms with E-state index in [1.54, 1.807) is 0 Å². The second-order valence-corrected chi connectivity index (χ2v) is 7.07. The van der Waals surface area contributed by atoms with Gasteiger partial charge >= 0.3 is 0 Å². The highest BCUT2D eigenvalue weighted by atomic mass is 16.5. The van der Waals surface area contributed by atoms with Gasteiger partial charge in [-0.3, -0.25) is 0 Å². The van der Waals surface area contributed by atoms with E-state index in [9.17, 15) is 4.79 Å². The molecule has 0 radical (unpaired) electrons. The molecule has 0 saturated carbocycles. The Labute approximate surface area is 151 Å². The third kappa shape index (κ3) is 17.6. The topological polar surface area (TPSA) is 26.3 Å². The molecule has 0 bridgehead atoms. The van der Waals surface area contributed by atoms with Crippen molar-refractivity contribution in [2.45, 2.75) is 123 Å². The van der Waals surface area contributed by atoms with Crippen LogP contribution in [-0.4, -0.2) is 12.5 Å². The summed E-state index contributed by atoms with van der Waals surface area (Å²) in [6, 6.07) is 0. The van der Waals surface area contributed by atoms with Gasteiger partial charge in [-0.05, 0) is 12.8 Å². The van der Waals surface area contributed by atoms with Gasteiger partial charge in [-0.25, -0.2) is 4.79 Å². The van der Waals surface area contributed by atoms with Crippen molar-refractivity contribution < 1.29 is 9.53 Å². The van der Waals surface area contributed by atoms with Gasteiger partial charge in [0.25, 0.3) is 0 Å². The maximum atomic E-state index is 10.9. The van der Waals surface area contributed by atoms with Gasteiger partial charge in [0.15, 0.2) is 11.7 Å². The number of unbranched alkanes of at least 4 members (excludes halogenated alkanes) is 14. The van der Waals surface area contributed by atoms with E-state index in [1.165, 1.54) is 89.9 Å². The Morgan fingerprint density at radius 3 is 1.50 bits per heavy atom. The normalized spacial score (nSPS) is 10.6. The van der Waals surface area contributed by atoms with Crippen LogP contribution in [0.25, 0.3) is 0 Å². The largest absolute Gasteiger partial charge is 0.487 e. The minimum atomic E-state index is 0.545. The van der Waals surface area contributed by atoms with Crippen LogP contribution in [0.15, 0.2) is 5.76 Å². The second kappa shape index (κ2) is 20.3. The molecule has 0 unspecified atom stereocenters. The predicted molar refractivity (Wildman–Crippen MR) is 105 cm³/mol. The molecule has 0 spiro atoms. The van der Waals surface area contributed by atoms with E-state index in [1.807, 2.05) is 5.94 Å². The molecule has 0 aromatic carbocycles. The van der Waals surface area contributed by atoms with E-state index in [2.05, 4.69) is 13.8 Å². The molecule has 0 fully saturated rings. The fourth-order valence-electron chi connectivity index (χ4n) is 3.00. The lowest BCUT2D eigenvalue weighted by Gasteiger charge is -2.07. The highest BCUT2D eigenvalue weighted by Gasteiger charge is 2.00. The summed E-state index contributed by atoms with van der Waals surface area (Å²) in [5.74, 6) is 2.53. The van der Waals surface area contributed by atoms with Gasteiger partial charge in [-0.2, -0.15) is 0 Å². The van der Waals surface area contributed by atoms with E-state index in [0.29, 0.717) is 12.4 Å². The van der Waals surface area contributed by atoms with Gasteiger partial charge in [-0.15, -0.1) is 0 Å². The van der Waals surface area contributed by atoms with Crippen LogP contribution in [0, 0.1) is 0 Å². The molecule has 0 aromatic rings. The Morgan fingerprint density at radius 2 is 1.04 bits per heavy atom. The summed E-state index contributed by atoms with van der Waals surface area (Å²) >= 11 is 0. The first kappa shape index (κ1) is 23.2. The molecule has 24 heavy (non-hydrogen) atoms. The standard InChI is InChI=1S/C22H42O2/c1-3-5-7-9-11-12-13-14-15-17-19-22(21-23)24-20-18-16-10-8-6-4-2/h3-20H2,1-2H3. The van der Waals surface area contributed by atoms with Gasteiger partial charge in [0.1, 0.15) is 0 Å². The predicted octanol–water partition coefficient (Wildman–Crippen LogP) is 7.39. The van der Waals surface area contributed by atoms with Crippen LogP contribution in [0.4, 0.5) is 0 Å². The number of hydrogen-bond donors (Lipinski definition) is 0. The number of rotatable bonds is 19. The highest BCUT2D eigenvalue weighted by Crippen LogP contribution is 2.14. The molecule has 0 amide bonds. The summed E-state index contributed by atoms with van der Waals surface area (Å²) in [5.41, 5.74) is 0. The van der Waals surface area contributed by atoms with Gasteiger partial charge < -0.3 is 4.74 Å². The van der Waals surface area contributed by atoms with Crippen molar-refractivity contribution in [3.63, 3.8) is 0 Å². The van der Waals surface area contributed by atoms with Crippen LogP contribution < -0.4 is 0 Å². The Morgan fingerprint density at radius 1 is 0.625 bits per heavy atom. The van der Waals surface area contributed by atoms with E-state index in [-0.39, 0.29) is 0 Å². The van der Waals surface area contributed by atoms with E-state index in [4.69, 9.17) is 4.74 Å². The van der Waals surface area contributed by atoms with Crippen molar-refractivity contribution in [1.82, 2.24) is 0 Å². The summed E-state index contributed by atoms with van der Waals surface area (Å²) in [4.78, 5) is 10.9. The first-order valence-corrected chi connectivity index (χ1v) is 10.7. The van der Waals surface area contributed by atoms with Gasteiger partial charge in [0.05, 0.1) is 6.61 Å². The summed E-state index contributed by atoms with van der Waals surface area (Å²) < 4.78 is 5.57. The fourth-order valence-corrected chi connectivity index (χ4v) is 3.00. The van der Waals surface area contributed by atoms with E-state index >= 15 is 0 Å². The average molecular weight is 339 g/mol. The molecule has 0 aromatic heterocycles. The van der Waals surface area contributed by atoms with Crippen molar-refractivity contribution >= 4 is 5.94 Å². The molecule has 0 aliphatic heterocycles. The molecular weight excluding hydrogens is 296 g/mol. The van der Waals surface area contributed by atoms with Crippen LogP contribution in [-0.2, 0) is 9.53 Å². The molecule has 0 N–H and O–H groups in total. The Hall–Kier alpha value is -0.750. The van der Waals surface area contributed by atoms with Gasteiger partial charge in [0, 0.05) is 6.42 Å². The number of carbonyl (C=O) groups excluding carboxylic acids is 1. The molecule has 0 aliphatic rings. The number of allylic oxidation sites excluding steroid dienone is 1. The van der Waals surface area contributed by atoms with Crippen molar-refractivity contribution in [2.75, 3.05) is 6.61 Å². The first-order valence-electron chi connectivity index (χ1n) is 10.7. The van der Waals surface area contributed by atoms with E-state index < -0.39 is 0 Å². The van der Waals surface area contributed by atoms with Crippen LogP contribution in [0.3, 0.4) is 0 Å². The van der Waals surface area contributed by atoms with Crippen LogP contribution >= 0.6 is 0 Å². The zero-order valence-corrected chi connectivity index (χ0v) is 16.5. The molecule has 0 heterocycles. The van der Waals surface area contributed by atoms with Crippen molar-refractivity contribution in [1.29, 1.82) is 0 Å². The SMILES string of the molecule is CCCCCCCCCCCCC(=C=O)OCCCCCCCC. The monoisotopic (exact) mass is 338 g/mol. The Bertz CT molecular complexity index is 292. The Kier molecular flexibility index (Phi) is 19.7. The summed E-state index contributed by atoms with van der Waals surface area (Å²) in [5, 5.41) is 0. The summed E-state index contributed by atoms with van der Waals surface area (Å²) in [6.45, 7) is 5.19. The first-order chi connectivity index (χ1) is 11.8. The molecule has 0 aliphatic carbocycles. The molecule has 142 valence electrons. The molecule has 2 nitrogen and oxygen atoms in total. The molecular formula is C22H42O2. The van der Waals surface area contributed by atoms with Gasteiger partial charge in [0.2, 0.25) is 0 Å². The van der Waals surface area contributed by atoms with E-state index in [0.717, 1.165) is 19.3 Å². The lowest BCUT2D eigenvalue weighted by atomic mass is 10.1. The van der Waals surface area contributed by atoms with Crippen molar-refractivity contribution in [3.05, 3.63) is 5.76 Å². The third-order valence-corrected chi connectivity index (χ3v) is 4.65. The molecule has 0 atom stereocenters.